The molecule has 0 spiro atoms. The van der Waals surface area contributed by atoms with E-state index in [1.807, 2.05) is 11.3 Å². The summed E-state index contributed by atoms with van der Waals surface area (Å²) in [7, 11) is 0. The number of benzene rings is 5. The summed E-state index contributed by atoms with van der Waals surface area (Å²) in [6, 6.07) is 42.0. The molecule has 0 saturated heterocycles. The van der Waals surface area contributed by atoms with Crippen molar-refractivity contribution >= 4 is 42.4 Å². The van der Waals surface area contributed by atoms with E-state index in [0.717, 1.165) is 16.8 Å². The first-order valence-corrected chi connectivity index (χ1v) is 14.0. The van der Waals surface area contributed by atoms with Crippen molar-refractivity contribution in [3.63, 3.8) is 0 Å². The van der Waals surface area contributed by atoms with Gasteiger partial charge in [-0.1, -0.05) is 105 Å². The van der Waals surface area contributed by atoms with Crippen LogP contribution < -0.4 is 0 Å². The van der Waals surface area contributed by atoms with Gasteiger partial charge in [0.05, 0.1) is 11.2 Å². The molecule has 1 aliphatic rings. The van der Waals surface area contributed by atoms with Crippen molar-refractivity contribution in [3.05, 3.63) is 126 Å². The van der Waals surface area contributed by atoms with Gasteiger partial charge in [-0.2, -0.15) is 0 Å². The largest absolute Gasteiger partial charge is 0.247 e. The van der Waals surface area contributed by atoms with Gasteiger partial charge in [0.15, 0.2) is 0 Å². The van der Waals surface area contributed by atoms with E-state index < -0.39 is 0 Å². The van der Waals surface area contributed by atoms with Gasteiger partial charge in [0, 0.05) is 36.5 Å². The third kappa shape index (κ3) is 3.01. The van der Waals surface area contributed by atoms with Crippen LogP contribution in [0.3, 0.4) is 0 Å². The molecule has 2 aromatic heterocycles. The zero-order valence-corrected chi connectivity index (χ0v) is 22.1. The Balaban J connectivity index is 1.35. The molecule has 0 bridgehead atoms. The minimum absolute atomic E-state index is 0.0208. The third-order valence-corrected chi connectivity index (χ3v) is 9.47. The molecule has 1 nitrogen and oxygen atoms in total. The van der Waals surface area contributed by atoms with Crippen molar-refractivity contribution in [3.8, 4) is 33.5 Å². The third-order valence-electron chi connectivity index (χ3n) is 8.27. The van der Waals surface area contributed by atoms with E-state index in [9.17, 15) is 0 Å². The highest BCUT2D eigenvalue weighted by atomic mass is 32.1. The number of aromatic nitrogens is 1. The summed E-state index contributed by atoms with van der Waals surface area (Å²) in [5.74, 6) is 0. The molecule has 0 atom stereocenters. The summed E-state index contributed by atoms with van der Waals surface area (Å²) < 4.78 is 2.62. The van der Waals surface area contributed by atoms with Gasteiger partial charge in [0.2, 0.25) is 0 Å². The molecule has 5 aromatic carbocycles. The second kappa shape index (κ2) is 7.86. The molecular formula is C36H25NS. The lowest BCUT2D eigenvalue weighted by Gasteiger charge is -2.21. The Bertz CT molecular complexity index is 2060. The fourth-order valence-corrected chi connectivity index (χ4v) is 7.60. The SMILES string of the molecule is CC1(C)c2ccccc2-c2cc(-c3cccc(-c4nc5ccccc5c5sc6ccccc6c45)c3)ccc21. The number of hydrogen-bond acceptors (Lipinski definition) is 2. The van der Waals surface area contributed by atoms with E-state index >= 15 is 0 Å². The predicted octanol–water partition coefficient (Wildman–Crippen LogP) is 10.2. The molecule has 2 heterocycles. The van der Waals surface area contributed by atoms with Crippen LogP contribution in [0, 0.1) is 0 Å². The maximum absolute atomic E-state index is 5.24. The van der Waals surface area contributed by atoms with E-state index in [0.29, 0.717) is 0 Å². The van der Waals surface area contributed by atoms with Crippen molar-refractivity contribution in [1.29, 1.82) is 0 Å². The van der Waals surface area contributed by atoms with E-state index in [1.54, 1.807) is 0 Å². The average Bonchev–Trinajstić information content (AvgIpc) is 3.46. The van der Waals surface area contributed by atoms with Crippen LogP contribution in [-0.2, 0) is 5.41 Å². The second-order valence-electron chi connectivity index (χ2n) is 10.8. The lowest BCUT2D eigenvalue weighted by Crippen LogP contribution is -2.14. The van der Waals surface area contributed by atoms with Crippen molar-refractivity contribution in [1.82, 2.24) is 4.98 Å². The Morgan fingerprint density at radius 3 is 2.21 bits per heavy atom. The van der Waals surface area contributed by atoms with Crippen LogP contribution in [0.15, 0.2) is 115 Å². The Hall–Kier alpha value is -4.27. The van der Waals surface area contributed by atoms with E-state index in [1.165, 1.54) is 58.9 Å². The predicted molar refractivity (Wildman–Crippen MR) is 163 cm³/mol. The van der Waals surface area contributed by atoms with Gasteiger partial charge in [-0.3, -0.25) is 0 Å². The highest BCUT2D eigenvalue weighted by Crippen LogP contribution is 2.49. The van der Waals surface area contributed by atoms with Crippen LogP contribution in [0.4, 0.5) is 0 Å². The van der Waals surface area contributed by atoms with Gasteiger partial charge in [0.25, 0.3) is 0 Å². The highest BCUT2D eigenvalue weighted by molar-refractivity contribution is 7.26. The molecule has 0 N–H and O–H groups in total. The summed E-state index contributed by atoms with van der Waals surface area (Å²) in [6.45, 7) is 4.67. The van der Waals surface area contributed by atoms with Gasteiger partial charge in [-0.05, 0) is 57.6 Å². The Morgan fingerprint density at radius 2 is 1.29 bits per heavy atom. The monoisotopic (exact) mass is 503 g/mol. The lowest BCUT2D eigenvalue weighted by atomic mass is 9.82. The molecule has 0 radical (unpaired) electrons. The summed E-state index contributed by atoms with van der Waals surface area (Å²) in [5, 5.41) is 3.76. The zero-order chi connectivity index (χ0) is 25.4. The van der Waals surface area contributed by atoms with Crippen LogP contribution in [0.1, 0.15) is 25.0 Å². The maximum atomic E-state index is 5.24. The number of thiophene rings is 1. The summed E-state index contributed by atoms with van der Waals surface area (Å²) >= 11 is 1.87. The molecular weight excluding hydrogens is 478 g/mol. The fourth-order valence-electron chi connectivity index (χ4n) is 6.36. The lowest BCUT2D eigenvalue weighted by molar-refractivity contribution is 0.660. The van der Waals surface area contributed by atoms with Crippen molar-refractivity contribution in [2.45, 2.75) is 19.3 Å². The minimum atomic E-state index is 0.0208. The standard InChI is InChI=1S/C36H25NS/c1-36(2)29-15-6-3-12-25(29)28-21-23(18-19-30(28)36)22-10-9-11-24(20-22)34-33-27-14-5-8-17-32(27)38-35(33)26-13-4-7-16-31(26)37-34/h3-21H,1-2H3. The Morgan fingerprint density at radius 1 is 0.579 bits per heavy atom. The number of rotatable bonds is 2. The van der Waals surface area contributed by atoms with Gasteiger partial charge >= 0.3 is 0 Å². The molecule has 2 heteroatoms. The van der Waals surface area contributed by atoms with Crippen LogP contribution in [-0.4, -0.2) is 4.98 Å². The topological polar surface area (TPSA) is 12.9 Å². The number of fused-ring (bicyclic) bond motifs is 8. The van der Waals surface area contributed by atoms with E-state index in [4.69, 9.17) is 4.98 Å². The number of hydrogen-bond donors (Lipinski definition) is 0. The van der Waals surface area contributed by atoms with E-state index in [-0.39, 0.29) is 5.41 Å². The van der Waals surface area contributed by atoms with Gasteiger partial charge in [-0.15, -0.1) is 11.3 Å². The molecule has 8 rings (SSSR count). The number of nitrogens with zero attached hydrogens (tertiary/aromatic N) is 1. The van der Waals surface area contributed by atoms with Crippen LogP contribution in [0.5, 0.6) is 0 Å². The fraction of sp³-hybridized carbons (Fsp3) is 0.0833. The molecule has 0 fully saturated rings. The molecule has 38 heavy (non-hydrogen) atoms. The second-order valence-corrected chi connectivity index (χ2v) is 11.8. The molecule has 0 unspecified atom stereocenters. The van der Waals surface area contributed by atoms with Gasteiger partial charge in [-0.25, -0.2) is 4.98 Å². The maximum Gasteiger partial charge on any atom is 0.0803 e. The molecule has 0 saturated carbocycles. The molecule has 7 aromatic rings. The quantitative estimate of drug-likeness (QED) is 0.229. The first-order valence-electron chi connectivity index (χ1n) is 13.1. The molecule has 0 aliphatic heterocycles. The first kappa shape index (κ1) is 21.8. The van der Waals surface area contributed by atoms with Gasteiger partial charge in [0.1, 0.15) is 0 Å². The van der Waals surface area contributed by atoms with Crippen molar-refractivity contribution in [2.24, 2.45) is 0 Å². The first-order chi connectivity index (χ1) is 18.6. The molecule has 180 valence electrons. The highest BCUT2D eigenvalue weighted by Gasteiger charge is 2.35. The summed E-state index contributed by atoms with van der Waals surface area (Å²) in [6.07, 6.45) is 0. The average molecular weight is 504 g/mol. The minimum Gasteiger partial charge on any atom is -0.247 e. The summed E-state index contributed by atoms with van der Waals surface area (Å²) in [4.78, 5) is 5.24. The normalized spacial score (nSPS) is 13.7. The number of para-hydroxylation sites is 1. The zero-order valence-electron chi connectivity index (χ0n) is 21.3. The Labute approximate surface area is 226 Å². The Kier molecular flexibility index (Phi) is 4.51. The van der Waals surface area contributed by atoms with E-state index in [2.05, 4.69) is 129 Å². The van der Waals surface area contributed by atoms with Crippen LogP contribution in [0.25, 0.3) is 64.6 Å². The van der Waals surface area contributed by atoms with Crippen LogP contribution >= 0.6 is 11.3 Å². The van der Waals surface area contributed by atoms with Crippen molar-refractivity contribution in [2.75, 3.05) is 0 Å². The molecule has 0 amide bonds. The van der Waals surface area contributed by atoms with Crippen LogP contribution in [0.2, 0.25) is 0 Å². The smallest absolute Gasteiger partial charge is 0.0803 e. The number of pyridine rings is 1. The van der Waals surface area contributed by atoms with Gasteiger partial charge < -0.3 is 0 Å². The summed E-state index contributed by atoms with van der Waals surface area (Å²) in [5.41, 5.74) is 11.3. The van der Waals surface area contributed by atoms with Crippen molar-refractivity contribution < 1.29 is 0 Å². The molecule has 1 aliphatic carbocycles.